The highest BCUT2D eigenvalue weighted by atomic mass is 79.9. The van der Waals surface area contributed by atoms with Gasteiger partial charge in [-0.1, -0.05) is 0 Å². The second-order valence-electron chi connectivity index (χ2n) is 5.02. The molecule has 7 heteroatoms. The van der Waals surface area contributed by atoms with Crippen molar-refractivity contribution in [2.24, 2.45) is 0 Å². The fourth-order valence-corrected chi connectivity index (χ4v) is 2.68. The molecule has 0 spiro atoms. The number of hydrogen-bond acceptors (Lipinski definition) is 3. The summed E-state index contributed by atoms with van der Waals surface area (Å²) in [7, 11) is 0. The second-order valence-corrected chi connectivity index (χ2v) is 5.94. The molecule has 1 saturated heterocycles. The fourth-order valence-electron chi connectivity index (χ4n) is 2.35. The third kappa shape index (κ3) is 3.85. The number of nitrogens with one attached hydrogen (secondary N) is 1. The smallest absolute Gasteiger partial charge is 0.368 e. The van der Waals surface area contributed by atoms with Gasteiger partial charge in [0.05, 0.1) is 5.56 Å². The number of aromatic nitrogens is 1. The van der Waals surface area contributed by atoms with E-state index in [1.165, 1.54) is 6.20 Å². The molecule has 0 amide bonds. The molecule has 1 aliphatic heterocycles. The zero-order chi connectivity index (χ0) is 14.8. The first-order valence-electron chi connectivity index (χ1n) is 6.58. The van der Waals surface area contributed by atoms with Crippen molar-refractivity contribution in [2.45, 2.75) is 32.0 Å². The number of anilines is 1. The summed E-state index contributed by atoms with van der Waals surface area (Å²) in [5, 5.41) is 2.83. The quantitative estimate of drug-likeness (QED) is 0.895. The van der Waals surface area contributed by atoms with E-state index in [1.54, 1.807) is 0 Å². The molecule has 2 heterocycles. The summed E-state index contributed by atoms with van der Waals surface area (Å²) in [4.78, 5) is 6.12. The Balaban J connectivity index is 2.05. The third-order valence-corrected chi connectivity index (χ3v) is 3.92. The maximum Gasteiger partial charge on any atom is 0.419 e. The number of alkyl halides is 3. The van der Waals surface area contributed by atoms with E-state index >= 15 is 0 Å². The van der Waals surface area contributed by atoms with Gasteiger partial charge in [0, 0.05) is 23.3 Å². The normalized spacial score (nSPS) is 18.2. The van der Waals surface area contributed by atoms with Gasteiger partial charge in [0.2, 0.25) is 0 Å². The molecule has 1 atom stereocenters. The minimum atomic E-state index is -4.41. The molecule has 0 saturated carbocycles. The molecule has 1 aliphatic rings. The maximum atomic E-state index is 12.9. The van der Waals surface area contributed by atoms with Crippen molar-refractivity contribution in [2.75, 3.05) is 25.0 Å². The molecular weight excluding hydrogens is 335 g/mol. The van der Waals surface area contributed by atoms with Crippen molar-refractivity contribution < 1.29 is 13.2 Å². The number of rotatable bonds is 4. The Kier molecular flexibility index (Phi) is 4.90. The molecule has 20 heavy (non-hydrogen) atoms. The molecule has 0 bridgehead atoms. The number of nitrogens with zero attached hydrogens (tertiary/aromatic N) is 2. The third-order valence-electron chi connectivity index (χ3n) is 3.49. The van der Waals surface area contributed by atoms with Gasteiger partial charge in [-0.2, -0.15) is 13.2 Å². The average molecular weight is 352 g/mol. The summed E-state index contributed by atoms with van der Waals surface area (Å²) in [6.07, 6.45) is -0.711. The summed E-state index contributed by atoms with van der Waals surface area (Å²) in [5.74, 6) is -0.105. The van der Waals surface area contributed by atoms with Crippen LogP contribution in [-0.2, 0) is 6.18 Å². The molecular formula is C13H17BrF3N3. The van der Waals surface area contributed by atoms with Gasteiger partial charge < -0.3 is 5.32 Å². The molecule has 0 aromatic carbocycles. The fraction of sp³-hybridized carbons (Fsp3) is 0.615. The lowest BCUT2D eigenvalue weighted by atomic mass is 10.2. The summed E-state index contributed by atoms with van der Waals surface area (Å²) < 4.78 is 39.1. The van der Waals surface area contributed by atoms with E-state index < -0.39 is 11.7 Å². The van der Waals surface area contributed by atoms with E-state index in [9.17, 15) is 13.2 Å². The Morgan fingerprint density at radius 3 is 2.65 bits per heavy atom. The Hall–Kier alpha value is -0.820. The van der Waals surface area contributed by atoms with E-state index in [1.807, 2.05) is 6.92 Å². The molecule has 112 valence electrons. The van der Waals surface area contributed by atoms with Crippen LogP contribution in [0.25, 0.3) is 0 Å². The van der Waals surface area contributed by atoms with Gasteiger partial charge in [0.25, 0.3) is 0 Å². The van der Waals surface area contributed by atoms with Gasteiger partial charge >= 0.3 is 6.18 Å². The lowest BCUT2D eigenvalue weighted by molar-refractivity contribution is -0.137. The van der Waals surface area contributed by atoms with Gasteiger partial charge in [0.1, 0.15) is 5.82 Å². The zero-order valence-corrected chi connectivity index (χ0v) is 12.8. The first-order valence-corrected chi connectivity index (χ1v) is 7.38. The van der Waals surface area contributed by atoms with Crippen LogP contribution >= 0.6 is 15.9 Å². The highest BCUT2D eigenvalue weighted by molar-refractivity contribution is 9.10. The minimum Gasteiger partial charge on any atom is -0.368 e. The van der Waals surface area contributed by atoms with Crippen LogP contribution in [0.2, 0.25) is 0 Å². The molecule has 1 unspecified atom stereocenters. The van der Waals surface area contributed by atoms with Crippen molar-refractivity contribution in [3.05, 3.63) is 22.3 Å². The second kappa shape index (κ2) is 6.30. The Morgan fingerprint density at radius 1 is 1.40 bits per heavy atom. The summed E-state index contributed by atoms with van der Waals surface area (Å²) in [5.41, 5.74) is -0.736. The first-order chi connectivity index (χ1) is 9.38. The molecule has 1 N–H and O–H groups in total. The maximum absolute atomic E-state index is 12.9. The molecule has 0 radical (unpaired) electrons. The molecule has 1 fully saturated rings. The topological polar surface area (TPSA) is 28.2 Å². The van der Waals surface area contributed by atoms with E-state index in [4.69, 9.17) is 0 Å². The van der Waals surface area contributed by atoms with Crippen LogP contribution in [0.1, 0.15) is 25.3 Å². The van der Waals surface area contributed by atoms with E-state index in [-0.39, 0.29) is 11.9 Å². The van der Waals surface area contributed by atoms with Gasteiger partial charge in [-0.25, -0.2) is 4.98 Å². The first kappa shape index (κ1) is 15.6. The van der Waals surface area contributed by atoms with Gasteiger partial charge in [-0.05, 0) is 54.9 Å². The van der Waals surface area contributed by atoms with Crippen molar-refractivity contribution in [1.82, 2.24) is 9.88 Å². The zero-order valence-electron chi connectivity index (χ0n) is 11.2. The summed E-state index contributed by atoms with van der Waals surface area (Å²) in [6.45, 7) is 4.51. The lowest BCUT2D eigenvalue weighted by Gasteiger charge is -2.24. The Bertz CT molecular complexity index is 459. The van der Waals surface area contributed by atoms with Crippen LogP contribution in [0, 0.1) is 0 Å². The van der Waals surface area contributed by atoms with E-state index in [2.05, 4.69) is 31.1 Å². The molecule has 0 aliphatic carbocycles. The van der Waals surface area contributed by atoms with Crippen LogP contribution in [0.3, 0.4) is 0 Å². The SMILES string of the molecule is CC(CNc1ncc(Br)cc1C(F)(F)F)N1CCCC1. The van der Waals surface area contributed by atoms with E-state index in [0.29, 0.717) is 11.0 Å². The number of hydrogen-bond donors (Lipinski definition) is 1. The van der Waals surface area contributed by atoms with Crippen molar-refractivity contribution in [3.63, 3.8) is 0 Å². The van der Waals surface area contributed by atoms with Gasteiger partial charge in [0.15, 0.2) is 0 Å². The predicted molar refractivity (Wildman–Crippen MR) is 75.7 cm³/mol. The van der Waals surface area contributed by atoms with Crippen molar-refractivity contribution in [3.8, 4) is 0 Å². The van der Waals surface area contributed by atoms with Crippen molar-refractivity contribution in [1.29, 1.82) is 0 Å². The van der Waals surface area contributed by atoms with Crippen molar-refractivity contribution >= 4 is 21.7 Å². The molecule has 3 nitrogen and oxygen atoms in total. The molecule has 1 aromatic rings. The van der Waals surface area contributed by atoms with E-state index in [0.717, 1.165) is 32.0 Å². The number of pyridine rings is 1. The summed E-state index contributed by atoms with van der Waals surface area (Å²) in [6, 6.07) is 1.25. The lowest BCUT2D eigenvalue weighted by Crippen LogP contribution is -2.36. The minimum absolute atomic E-state index is 0.105. The highest BCUT2D eigenvalue weighted by Gasteiger charge is 2.34. The number of halogens is 4. The highest BCUT2D eigenvalue weighted by Crippen LogP contribution is 2.35. The van der Waals surface area contributed by atoms with Crippen LogP contribution in [0.4, 0.5) is 19.0 Å². The van der Waals surface area contributed by atoms with Crippen LogP contribution in [0.5, 0.6) is 0 Å². The summed E-state index contributed by atoms with van der Waals surface area (Å²) >= 11 is 3.02. The Labute approximate surface area is 124 Å². The monoisotopic (exact) mass is 351 g/mol. The molecule has 2 rings (SSSR count). The van der Waals surface area contributed by atoms with Crippen LogP contribution in [0.15, 0.2) is 16.7 Å². The average Bonchev–Trinajstić information content (AvgIpc) is 2.89. The Morgan fingerprint density at radius 2 is 2.05 bits per heavy atom. The van der Waals surface area contributed by atoms with Crippen LogP contribution in [-0.4, -0.2) is 35.6 Å². The standard InChI is InChI=1S/C13H17BrF3N3/c1-9(20-4-2-3-5-20)7-18-12-11(13(15,16)17)6-10(14)8-19-12/h6,8-9H,2-5,7H2,1H3,(H,18,19). The predicted octanol–water partition coefficient (Wildman–Crippen LogP) is 3.76. The number of likely N-dealkylation sites (tertiary alicyclic amines) is 1. The van der Waals surface area contributed by atoms with Gasteiger partial charge in [-0.3, -0.25) is 4.90 Å². The molecule has 1 aromatic heterocycles. The van der Waals surface area contributed by atoms with Gasteiger partial charge in [-0.15, -0.1) is 0 Å². The largest absolute Gasteiger partial charge is 0.419 e. The van der Waals surface area contributed by atoms with Crippen LogP contribution < -0.4 is 5.32 Å².